The molecule has 0 spiro atoms. The van der Waals surface area contributed by atoms with Gasteiger partial charge in [0.05, 0.1) is 10.6 Å². The molecule has 112 valence electrons. The number of halogens is 1. The second kappa shape index (κ2) is 5.80. The molecule has 0 amide bonds. The second-order valence-electron chi connectivity index (χ2n) is 3.98. The van der Waals surface area contributed by atoms with E-state index >= 15 is 0 Å². The highest BCUT2D eigenvalue weighted by atomic mass is 35.5. The smallest absolute Gasteiger partial charge is 0.338 e. The molecule has 1 aromatic heterocycles. The minimum Gasteiger partial charge on any atom is -0.452 e. The van der Waals surface area contributed by atoms with E-state index in [1.807, 2.05) is 0 Å². The Morgan fingerprint density at radius 1 is 1.43 bits per heavy atom. The molecule has 0 radical (unpaired) electrons. The van der Waals surface area contributed by atoms with Gasteiger partial charge < -0.3 is 9.15 Å². The van der Waals surface area contributed by atoms with Crippen LogP contribution in [0.5, 0.6) is 0 Å². The number of carbonyl (C=O) groups is 1. The number of nitrogens with two attached hydrogens (primary N) is 1. The van der Waals surface area contributed by atoms with Crippen LogP contribution in [0.4, 0.5) is 0 Å². The Labute approximate surface area is 124 Å². The number of hydrogen-bond donors (Lipinski definition) is 1. The fourth-order valence-corrected chi connectivity index (χ4v) is 2.53. The molecule has 2 rings (SSSR count). The van der Waals surface area contributed by atoms with Crippen LogP contribution in [0, 0.1) is 6.92 Å². The molecular formula is C11H10ClN3O5S. The van der Waals surface area contributed by atoms with E-state index in [9.17, 15) is 13.2 Å². The van der Waals surface area contributed by atoms with Crippen LogP contribution in [-0.4, -0.2) is 24.6 Å². The molecule has 0 fully saturated rings. The predicted octanol–water partition coefficient (Wildman–Crippen LogP) is 1.04. The first kappa shape index (κ1) is 15.4. The third-order valence-corrected chi connectivity index (χ3v) is 3.76. The molecule has 0 unspecified atom stereocenters. The van der Waals surface area contributed by atoms with Crippen molar-refractivity contribution in [3.8, 4) is 0 Å². The minimum atomic E-state index is -4.03. The summed E-state index contributed by atoms with van der Waals surface area (Å²) in [5.74, 6) is -0.307. The van der Waals surface area contributed by atoms with Crippen LogP contribution in [0.3, 0.4) is 0 Å². The topological polar surface area (TPSA) is 125 Å². The van der Waals surface area contributed by atoms with Gasteiger partial charge in [0, 0.05) is 6.92 Å². The molecule has 2 aromatic rings. The average molecular weight is 332 g/mol. The standard InChI is InChI=1S/C11H10ClN3O5S/c1-6-14-15-10(20-6)5-19-11(16)7-2-3-8(12)9(4-7)21(13,17)18/h2-4H,5H2,1H3,(H2,13,17,18). The summed E-state index contributed by atoms with van der Waals surface area (Å²) in [6.07, 6.45) is 0. The molecule has 0 aliphatic heterocycles. The number of sulfonamides is 1. The van der Waals surface area contributed by atoms with Gasteiger partial charge in [-0.05, 0) is 18.2 Å². The molecular weight excluding hydrogens is 322 g/mol. The van der Waals surface area contributed by atoms with Crippen LogP contribution in [-0.2, 0) is 21.4 Å². The van der Waals surface area contributed by atoms with Crippen molar-refractivity contribution in [3.63, 3.8) is 0 Å². The summed E-state index contributed by atoms with van der Waals surface area (Å²) in [7, 11) is -4.03. The van der Waals surface area contributed by atoms with Gasteiger partial charge in [-0.2, -0.15) is 0 Å². The maximum atomic E-state index is 11.8. The lowest BCUT2D eigenvalue weighted by Crippen LogP contribution is -2.14. The summed E-state index contributed by atoms with van der Waals surface area (Å²) in [5, 5.41) is 12.1. The zero-order chi connectivity index (χ0) is 15.6. The first-order chi connectivity index (χ1) is 9.77. The van der Waals surface area contributed by atoms with Crippen LogP contribution >= 0.6 is 11.6 Å². The summed E-state index contributed by atoms with van der Waals surface area (Å²) in [6, 6.07) is 3.60. The van der Waals surface area contributed by atoms with E-state index < -0.39 is 16.0 Å². The number of esters is 1. The van der Waals surface area contributed by atoms with Crippen molar-refractivity contribution in [1.82, 2.24) is 10.2 Å². The molecule has 10 heteroatoms. The van der Waals surface area contributed by atoms with Gasteiger partial charge in [0.25, 0.3) is 5.89 Å². The Hall–Kier alpha value is -1.97. The van der Waals surface area contributed by atoms with E-state index in [2.05, 4.69) is 10.2 Å². The summed E-state index contributed by atoms with van der Waals surface area (Å²) in [4.78, 5) is 11.5. The van der Waals surface area contributed by atoms with Crippen LogP contribution < -0.4 is 5.14 Å². The minimum absolute atomic E-state index is 0.0142. The van der Waals surface area contributed by atoms with Crippen molar-refractivity contribution in [2.24, 2.45) is 5.14 Å². The normalized spacial score (nSPS) is 11.4. The van der Waals surface area contributed by atoms with Gasteiger partial charge >= 0.3 is 5.97 Å². The number of benzene rings is 1. The number of carbonyl (C=O) groups excluding carboxylic acids is 1. The van der Waals surface area contributed by atoms with E-state index in [0.717, 1.165) is 6.07 Å². The van der Waals surface area contributed by atoms with Crippen molar-refractivity contribution < 1.29 is 22.4 Å². The average Bonchev–Trinajstić information content (AvgIpc) is 2.81. The van der Waals surface area contributed by atoms with E-state index in [1.54, 1.807) is 6.92 Å². The van der Waals surface area contributed by atoms with Gasteiger partial charge in [-0.1, -0.05) is 11.6 Å². The number of hydrogen-bond acceptors (Lipinski definition) is 7. The summed E-state index contributed by atoms with van der Waals surface area (Å²) < 4.78 is 32.6. The molecule has 21 heavy (non-hydrogen) atoms. The molecule has 0 aliphatic rings. The van der Waals surface area contributed by atoms with Crippen LogP contribution in [0.15, 0.2) is 27.5 Å². The molecule has 0 saturated heterocycles. The maximum absolute atomic E-state index is 11.8. The fourth-order valence-electron chi connectivity index (χ4n) is 1.45. The number of ether oxygens (including phenoxy) is 1. The summed E-state index contributed by atoms with van der Waals surface area (Å²) in [5.41, 5.74) is -0.0142. The first-order valence-electron chi connectivity index (χ1n) is 5.56. The Kier molecular flexibility index (Phi) is 4.26. The van der Waals surface area contributed by atoms with E-state index in [1.165, 1.54) is 12.1 Å². The molecule has 2 N–H and O–H groups in total. The van der Waals surface area contributed by atoms with Crippen molar-refractivity contribution in [2.75, 3.05) is 0 Å². The van der Waals surface area contributed by atoms with Crippen molar-refractivity contribution in [3.05, 3.63) is 40.6 Å². The third-order valence-electron chi connectivity index (χ3n) is 2.37. The van der Waals surface area contributed by atoms with E-state index in [-0.39, 0.29) is 28.0 Å². The van der Waals surface area contributed by atoms with Crippen LogP contribution in [0.1, 0.15) is 22.1 Å². The monoisotopic (exact) mass is 331 g/mol. The Morgan fingerprint density at radius 2 is 2.14 bits per heavy atom. The summed E-state index contributed by atoms with van der Waals surface area (Å²) in [6.45, 7) is 1.36. The molecule has 1 heterocycles. The number of nitrogens with zero attached hydrogens (tertiary/aromatic N) is 2. The third kappa shape index (κ3) is 3.78. The molecule has 0 bridgehead atoms. The Balaban J connectivity index is 2.16. The van der Waals surface area contributed by atoms with Gasteiger partial charge in [-0.3, -0.25) is 0 Å². The van der Waals surface area contributed by atoms with Crippen molar-refractivity contribution in [1.29, 1.82) is 0 Å². The molecule has 0 saturated carbocycles. The number of rotatable bonds is 4. The van der Waals surface area contributed by atoms with Gasteiger partial charge in [0.1, 0.15) is 4.90 Å². The largest absolute Gasteiger partial charge is 0.452 e. The number of aromatic nitrogens is 2. The second-order valence-corrected chi connectivity index (χ2v) is 5.92. The molecule has 8 nitrogen and oxygen atoms in total. The van der Waals surface area contributed by atoms with Crippen LogP contribution in [0.2, 0.25) is 5.02 Å². The van der Waals surface area contributed by atoms with Gasteiger partial charge in [-0.15, -0.1) is 10.2 Å². The SMILES string of the molecule is Cc1nnc(COC(=O)c2ccc(Cl)c(S(N)(=O)=O)c2)o1. The molecule has 0 atom stereocenters. The van der Waals surface area contributed by atoms with Gasteiger partial charge in [-0.25, -0.2) is 18.4 Å². The lowest BCUT2D eigenvalue weighted by atomic mass is 10.2. The molecule has 1 aromatic carbocycles. The highest BCUT2D eigenvalue weighted by Gasteiger charge is 2.17. The Morgan fingerprint density at radius 3 is 2.71 bits per heavy atom. The highest BCUT2D eigenvalue weighted by molar-refractivity contribution is 7.89. The van der Waals surface area contributed by atoms with Crippen molar-refractivity contribution in [2.45, 2.75) is 18.4 Å². The van der Waals surface area contributed by atoms with Gasteiger partial charge in [0.2, 0.25) is 15.9 Å². The maximum Gasteiger partial charge on any atom is 0.338 e. The lowest BCUT2D eigenvalue weighted by molar-refractivity contribution is 0.0436. The van der Waals surface area contributed by atoms with Crippen molar-refractivity contribution >= 4 is 27.6 Å². The number of primary sulfonamides is 1. The zero-order valence-corrected chi connectivity index (χ0v) is 12.3. The molecule has 0 aliphatic carbocycles. The van der Waals surface area contributed by atoms with Crippen LogP contribution in [0.25, 0.3) is 0 Å². The first-order valence-corrected chi connectivity index (χ1v) is 7.48. The highest BCUT2D eigenvalue weighted by Crippen LogP contribution is 2.22. The van der Waals surface area contributed by atoms with E-state index in [4.69, 9.17) is 25.9 Å². The fraction of sp³-hybridized carbons (Fsp3) is 0.182. The quantitative estimate of drug-likeness (QED) is 0.829. The van der Waals surface area contributed by atoms with E-state index in [0.29, 0.717) is 5.89 Å². The Bertz CT molecular complexity index is 787. The zero-order valence-electron chi connectivity index (χ0n) is 10.7. The summed E-state index contributed by atoms with van der Waals surface area (Å²) >= 11 is 5.72. The van der Waals surface area contributed by atoms with Gasteiger partial charge in [0.15, 0.2) is 6.61 Å². The number of aryl methyl sites for hydroxylation is 1. The predicted molar refractivity (Wildman–Crippen MR) is 71.0 cm³/mol. The lowest BCUT2D eigenvalue weighted by Gasteiger charge is -2.05.